The number of nitrogens with zero attached hydrogens (tertiary/aromatic N) is 2. The van der Waals surface area contributed by atoms with E-state index in [-0.39, 0.29) is 22.6 Å². The van der Waals surface area contributed by atoms with Gasteiger partial charge in [-0.1, -0.05) is 23.2 Å². The van der Waals surface area contributed by atoms with Crippen molar-refractivity contribution in [1.29, 1.82) is 0 Å². The third-order valence-electron chi connectivity index (χ3n) is 2.92. The molecule has 0 fully saturated rings. The first kappa shape index (κ1) is 19.2. The molecule has 2 amide bonds. The molecule has 8 nitrogen and oxygen atoms in total. The van der Waals surface area contributed by atoms with E-state index in [1.54, 1.807) is 0 Å². The fourth-order valence-electron chi connectivity index (χ4n) is 1.68. The van der Waals surface area contributed by atoms with E-state index in [2.05, 4.69) is 10.2 Å². The summed E-state index contributed by atoms with van der Waals surface area (Å²) in [5.41, 5.74) is 4.45. The average molecular weight is 395 g/mol. The van der Waals surface area contributed by atoms with Crippen LogP contribution in [0.4, 0.5) is 0 Å². The summed E-state index contributed by atoms with van der Waals surface area (Å²) < 4.78 is 0. The van der Waals surface area contributed by atoms with Crippen molar-refractivity contribution >= 4 is 47.4 Å². The predicted molar refractivity (Wildman–Crippen MR) is 97.7 cm³/mol. The van der Waals surface area contributed by atoms with Crippen molar-refractivity contribution < 1.29 is 19.8 Å². The molecule has 4 N–H and O–H groups in total. The number of hydrogen-bond donors (Lipinski definition) is 4. The van der Waals surface area contributed by atoms with Gasteiger partial charge in [-0.2, -0.15) is 10.2 Å². The van der Waals surface area contributed by atoms with Crippen LogP contribution in [-0.4, -0.2) is 34.5 Å². The van der Waals surface area contributed by atoms with Crippen LogP contribution in [0.25, 0.3) is 0 Å². The highest BCUT2D eigenvalue weighted by molar-refractivity contribution is 6.35. The summed E-state index contributed by atoms with van der Waals surface area (Å²) >= 11 is 11.5. The number of carbonyl (C=O) groups excluding carboxylic acids is 2. The molecule has 0 aliphatic rings. The molecule has 10 heteroatoms. The zero-order chi connectivity index (χ0) is 19.1. The van der Waals surface area contributed by atoms with Gasteiger partial charge in [-0.3, -0.25) is 9.59 Å². The lowest BCUT2D eigenvalue weighted by molar-refractivity contribution is -0.139. The number of hydrogen-bond acceptors (Lipinski definition) is 6. The number of amides is 2. The third-order valence-corrected chi connectivity index (χ3v) is 3.40. The Balaban J connectivity index is 1.90. The fourth-order valence-corrected chi connectivity index (χ4v) is 2.04. The van der Waals surface area contributed by atoms with Gasteiger partial charge in [0.1, 0.15) is 11.5 Å². The molecule has 0 aliphatic carbocycles. The number of rotatable bonds is 4. The van der Waals surface area contributed by atoms with Gasteiger partial charge in [0.15, 0.2) is 0 Å². The summed E-state index contributed by atoms with van der Waals surface area (Å²) in [5.74, 6) is -2.36. The van der Waals surface area contributed by atoms with Crippen molar-refractivity contribution in [2.45, 2.75) is 0 Å². The molecule has 0 saturated heterocycles. The normalized spacial score (nSPS) is 11.0. The topological polar surface area (TPSA) is 123 Å². The molecular weight excluding hydrogens is 383 g/mol. The molecule has 134 valence electrons. The molecule has 0 unspecified atom stereocenters. The Morgan fingerprint density at radius 1 is 0.808 bits per heavy atom. The van der Waals surface area contributed by atoms with Crippen LogP contribution in [0.2, 0.25) is 10.0 Å². The number of halogens is 2. The van der Waals surface area contributed by atoms with E-state index < -0.39 is 11.8 Å². The lowest BCUT2D eigenvalue weighted by Gasteiger charge is -2.01. The fraction of sp³-hybridized carbons (Fsp3) is 0. The lowest BCUT2D eigenvalue weighted by Crippen LogP contribution is -2.35. The first-order valence-corrected chi connectivity index (χ1v) is 7.76. The van der Waals surface area contributed by atoms with Crippen LogP contribution in [0, 0.1) is 0 Å². The second-order valence-corrected chi connectivity index (χ2v) is 5.68. The predicted octanol–water partition coefficient (Wildman–Crippen LogP) is 2.00. The second kappa shape index (κ2) is 8.84. The van der Waals surface area contributed by atoms with E-state index in [1.807, 2.05) is 10.9 Å². The maximum Gasteiger partial charge on any atom is 0.331 e. The number of hydrazone groups is 2. The van der Waals surface area contributed by atoms with Gasteiger partial charge >= 0.3 is 11.8 Å². The van der Waals surface area contributed by atoms with Gasteiger partial charge in [0, 0.05) is 21.2 Å². The van der Waals surface area contributed by atoms with E-state index in [9.17, 15) is 19.8 Å². The number of phenolic OH excluding ortho intramolecular Hbond substituents is 2. The van der Waals surface area contributed by atoms with Crippen molar-refractivity contribution in [3.63, 3.8) is 0 Å². The standard InChI is InChI=1S/C16H12Cl2N4O4/c17-11-1-3-13(23)9(5-11)7-19-21-15(25)16(26)22-20-8-10-6-12(18)2-4-14(10)24/h1-8,23-24H,(H,21,25)(H,22,26)/b19-7-,20-8-. The van der Waals surface area contributed by atoms with Crippen LogP contribution >= 0.6 is 23.2 Å². The molecule has 0 aliphatic heterocycles. The first-order chi connectivity index (χ1) is 12.4. The van der Waals surface area contributed by atoms with Crippen molar-refractivity contribution in [1.82, 2.24) is 10.9 Å². The van der Waals surface area contributed by atoms with E-state index in [4.69, 9.17) is 23.2 Å². The highest BCUT2D eigenvalue weighted by atomic mass is 35.5. The molecule has 0 heterocycles. The minimum absolute atomic E-state index is 0.0946. The van der Waals surface area contributed by atoms with Gasteiger partial charge in [0.05, 0.1) is 12.4 Å². The number of nitrogens with one attached hydrogen (secondary N) is 2. The molecule has 0 saturated carbocycles. The van der Waals surface area contributed by atoms with Crippen LogP contribution in [0.5, 0.6) is 11.5 Å². The summed E-state index contributed by atoms with van der Waals surface area (Å²) in [4.78, 5) is 23.2. The van der Waals surface area contributed by atoms with Crippen molar-refractivity contribution in [3.05, 3.63) is 57.6 Å². The largest absolute Gasteiger partial charge is 0.507 e. The van der Waals surface area contributed by atoms with E-state index in [0.717, 1.165) is 12.4 Å². The van der Waals surface area contributed by atoms with Crippen LogP contribution in [-0.2, 0) is 9.59 Å². The Kier molecular flexibility index (Phi) is 6.54. The number of phenols is 2. The summed E-state index contributed by atoms with van der Waals surface area (Å²) in [6.07, 6.45) is 2.25. The van der Waals surface area contributed by atoms with Crippen LogP contribution < -0.4 is 10.9 Å². The first-order valence-electron chi connectivity index (χ1n) is 7.00. The SMILES string of the molecule is O=C(N/N=C\c1cc(Cl)ccc1O)C(=O)N/N=C\c1cc(Cl)ccc1O. The maximum absolute atomic E-state index is 11.6. The molecule has 0 bridgehead atoms. The molecule has 2 aromatic rings. The maximum atomic E-state index is 11.6. The summed E-state index contributed by atoms with van der Waals surface area (Å²) in [6, 6.07) is 8.53. The minimum Gasteiger partial charge on any atom is -0.507 e. The number of carbonyl (C=O) groups is 2. The zero-order valence-corrected chi connectivity index (χ0v) is 14.5. The van der Waals surface area contributed by atoms with Gasteiger partial charge < -0.3 is 10.2 Å². The average Bonchev–Trinajstić information content (AvgIpc) is 2.60. The lowest BCUT2D eigenvalue weighted by atomic mass is 10.2. The van der Waals surface area contributed by atoms with Gasteiger partial charge in [-0.05, 0) is 36.4 Å². The van der Waals surface area contributed by atoms with Crippen LogP contribution in [0.1, 0.15) is 11.1 Å². The molecule has 2 rings (SSSR count). The quantitative estimate of drug-likeness (QED) is 0.359. The highest BCUT2D eigenvalue weighted by Gasteiger charge is 2.11. The summed E-state index contributed by atoms with van der Waals surface area (Å²) in [6.45, 7) is 0. The smallest absolute Gasteiger partial charge is 0.331 e. The minimum atomic E-state index is -1.09. The second-order valence-electron chi connectivity index (χ2n) is 4.80. The Labute approximate surface area is 157 Å². The summed E-state index contributed by atoms with van der Waals surface area (Å²) in [5, 5.41) is 27.0. The number of aromatic hydroxyl groups is 2. The molecule has 0 radical (unpaired) electrons. The summed E-state index contributed by atoms with van der Waals surface area (Å²) in [7, 11) is 0. The van der Waals surface area contributed by atoms with Crippen molar-refractivity contribution in [2.75, 3.05) is 0 Å². The number of benzene rings is 2. The molecule has 0 spiro atoms. The molecule has 2 aromatic carbocycles. The van der Waals surface area contributed by atoms with Gasteiger partial charge in [-0.15, -0.1) is 0 Å². The third kappa shape index (κ3) is 5.47. The van der Waals surface area contributed by atoms with E-state index >= 15 is 0 Å². The van der Waals surface area contributed by atoms with E-state index in [0.29, 0.717) is 10.0 Å². The Morgan fingerprint density at radius 2 is 1.19 bits per heavy atom. The van der Waals surface area contributed by atoms with E-state index in [1.165, 1.54) is 36.4 Å². The van der Waals surface area contributed by atoms with Gasteiger partial charge in [0.25, 0.3) is 0 Å². The highest BCUT2D eigenvalue weighted by Crippen LogP contribution is 2.20. The van der Waals surface area contributed by atoms with Crippen LogP contribution in [0.15, 0.2) is 46.6 Å². The Morgan fingerprint density at radius 3 is 1.58 bits per heavy atom. The molecule has 26 heavy (non-hydrogen) atoms. The van der Waals surface area contributed by atoms with Crippen molar-refractivity contribution in [3.8, 4) is 11.5 Å². The molecule has 0 atom stereocenters. The Hall–Kier alpha value is -3.10. The molecular formula is C16H12Cl2N4O4. The monoisotopic (exact) mass is 394 g/mol. The van der Waals surface area contributed by atoms with Crippen LogP contribution in [0.3, 0.4) is 0 Å². The zero-order valence-electron chi connectivity index (χ0n) is 13.0. The van der Waals surface area contributed by atoms with Gasteiger partial charge in [-0.25, -0.2) is 10.9 Å². The van der Waals surface area contributed by atoms with Gasteiger partial charge in [0.2, 0.25) is 0 Å². The Bertz CT molecular complexity index is 826. The molecule has 0 aromatic heterocycles. The van der Waals surface area contributed by atoms with Crippen molar-refractivity contribution in [2.24, 2.45) is 10.2 Å².